The maximum Gasteiger partial charge on any atom is 0.225 e. The van der Waals surface area contributed by atoms with Crippen LogP contribution in [0.5, 0.6) is 5.75 Å². The third-order valence-electron chi connectivity index (χ3n) is 5.36. The smallest absolute Gasteiger partial charge is 0.225 e. The van der Waals surface area contributed by atoms with E-state index in [1.54, 1.807) is 19.1 Å². The number of carbonyl (C=O) groups excluding carboxylic acids is 2. The van der Waals surface area contributed by atoms with Crippen LogP contribution in [0, 0.1) is 5.92 Å². The molecule has 1 aliphatic heterocycles. The van der Waals surface area contributed by atoms with Gasteiger partial charge in [0.1, 0.15) is 5.75 Å². The van der Waals surface area contributed by atoms with Crippen molar-refractivity contribution >= 4 is 11.8 Å². The average Bonchev–Trinajstić information content (AvgIpc) is 3.10. The van der Waals surface area contributed by atoms with Crippen LogP contribution in [0.1, 0.15) is 50.1 Å². The van der Waals surface area contributed by atoms with Crippen LogP contribution >= 0.6 is 0 Å². The highest BCUT2D eigenvalue weighted by molar-refractivity contribution is 5.85. The average molecular weight is 330 g/mol. The van der Waals surface area contributed by atoms with E-state index in [-0.39, 0.29) is 23.8 Å². The third-order valence-corrected chi connectivity index (χ3v) is 5.36. The van der Waals surface area contributed by atoms with E-state index in [0.717, 1.165) is 24.2 Å². The standard InChI is InChI=1S/C19H26N2O3/c1-21-17(22)12-11-16(19(23)20-14-5-3-4-6-14)18(21)13-7-9-15(24-2)10-8-13/h7-10,14,16,18H,3-6,11-12H2,1-2H3,(H,20,23)/t16-,18+/m0/s1. The Morgan fingerprint density at radius 1 is 1.17 bits per heavy atom. The molecule has 130 valence electrons. The molecular weight excluding hydrogens is 304 g/mol. The van der Waals surface area contributed by atoms with Crippen LogP contribution in [0.25, 0.3) is 0 Å². The molecule has 24 heavy (non-hydrogen) atoms. The fraction of sp³-hybridized carbons (Fsp3) is 0.579. The molecule has 2 atom stereocenters. The van der Waals surface area contributed by atoms with Crippen molar-refractivity contribution in [3.63, 3.8) is 0 Å². The van der Waals surface area contributed by atoms with Crippen LogP contribution in [0.15, 0.2) is 24.3 Å². The Labute approximate surface area is 143 Å². The summed E-state index contributed by atoms with van der Waals surface area (Å²) < 4.78 is 5.21. The fourth-order valence-corrected chi connectivity index (χ4v) is 3.95. The summed E-state index contributed by atoms with van der Waals surface area (Å²) in [5.74, 6) is 0.764. The molecule has 1 aromatic carbocycles. The highest BCUT2D eigenvalue weighted by Gasteiger charge is 2.39. The molecule has 5 nitrogen and oxygen atoms in total. The largest absolute Gasteiger partial charge is 0.497 e. The Morgan fingerprint density at radius 3 is 2.46 bits per heavy atom. The number of likely N-dealkylation sites (tertiary alicyclic amines) is 1. The first-order valence-corrected chi connectivity index (χ1v) is 8.80. The maximum atomic E-state index is 12.8. The Bertz CT molecular complexity index is 593. The minimum Gasteiger partial charge on any atom is -0.497 e. The zero-order chi connectivity index (χ0) is 17.1. The zero-order valence-corrected chi connectivity index (χ0v) is 14.5. The fourth-order valence-electron chi connectivity index (χ4n) is 3.95. The van der Waals surface area contributed by atoms with Gasteiger partial charge in [-0.05, 0) is 37.0 Å². The lowest BCUT2D eigenvalue weighted by atomic mass is 9.83. The molecule has 2 aliphatic rings. The third kappa shape index (κ3) is 3.40. The van der Waals surface area contributed by atoms with Crippen molar-refractivity contribution in [3.8, 4) is 5.75 Å². The lowest BCUT2D eigenvalue weighted by molar-refractivity contribution is -0.141. The molecule has 1 aliphatic carbocycles. The lowest BCUT2D eigenvalue weighted by Crippen LogP contribution is -2.48. The molecule has 0 radical (unpaired) electrons. The summed E-state index contributed by atoms with van der Waals surface area (Å²) in [6.07, 6.45) is 5.57. The summed E-state index contributed by atoms with van der Waals surface area (Å²) in [7, 11) is 3.43. The van der Waals surface area contributed by atoms with Crippen LogP contribution < -0.4 is 10.1 Å². The van der Waals surface area contributed by atoms with Gasteiger partial charge in [0.25, 0.3) is 0 Å². The van der Waals surface area contributed by atoms with Crippen molar-refractivity contribution in [2.45, 2.75) is 50.6 Å². The Morgan fingerprint density at radius 2 is 1.83 bits per heavy atom. The maximum absolute atomic E-state index is 12.8. The summed E-state index contributed by atoms with van der Waals surface area (Å²) in [6, 6.07) is 7.76. The molecule has 1 aromatic rings. The normalized spacial score (nSPS) is 24.9. The molecule has 2 fully saturated rings. The molecule has 1 saturated carbocycles. The van der Waals surface area contributed by atoms with Crippen LogP contribution in [0.4, 0.5) is 0 Å². The first-order chi connectivity index (χ1) is 11.6. The molecule has 0 aromatic heterocycles. The number of benzene rings is 1. The van der Waals surface area contributed by atoms with E-state index in [0.29, 0.717) is 18.9 Å². The van der Waals surface area contributed by atoms with Gasteiger partial charge in [-0.25, -0.2) is 0 Å². The molecule has 1 saturated heterocycles. The van der Waals surface area contributed by atoms with Gasteiger partial charge >= 0.3 is 0 Å². The van der Waals surface area contributed by atoms with Crippen molar-refractivity contribution in [2.75, 3.05) is 14.2 Å². The van der Waals surface area contributed by atoms with Gasteiger partial charge in [0.2, 0.25) is 11.8 Å². The van der Waals surface area contributed by atoms with Gasteiger partial charge < -0.3 is 15.0 Å². The Balaban J connectivity index is 1.81. The molecule has 3 rings (SSSR count). The number of carbonyl (C=O) groups is 2. The first-order valence-electron chi connectivity index (χ1n) is 8.80. The number of rotatable bonds is 4. The van der Waals surface area contributed by atoms with Crippen molar-refractivity contribution in [3.05, 3.63) is 29.8 Å². The van der Waals surface area contributed by atoms with E-state index in [1.807, 2.05) is 24.3 Å². The SMILES string of the molecule is COc1ccc([C@@H]2[C@@H](C(=O)NC3CCCC3)CCC(=O)N2C)cc1. The monoisotopic (exact) mass is 330 g/mol. The van der Waals surface area contributed by atoms with Crippen molar-refractivity contribution in [1.29, 1.82) is 0 Å². The molecule has 1 heterocycles. The van der Waals surface area contributed by atoms with E-state index < -0.39 is 0 Å². The minimum atomic E-state index is -0.210. The zero-order valence-electron chi connectivity index (χ0n) is 14.5. The van der Waals surface area contributed by atoms with Crippen LogP contribution in [-0.4, -0.2) is 36.9 Å². The lowest BCUT2D eigenvalue weighted by Gasteiger charge is -2.39. The van der Waals surface area contributed by atoms with Gasteiger partial charge in [-0.15, -0.1) is 0 Å². The van der Waals surface area contributed by atoms with Crippen molar-refractivity contribution in [2.24, 2.45) is 5.92 Å². The van der Waals surface area contributed by atoms with Gasteiger partial charge in [0.05, 0.1) is 19.1 Å². The van der Waals surface area contributed by atoms with E-state index >= 15 is 0 Å². The predicted molar refractivity (Wildman–Crippen MR) is 91.6 cm³/mol. The molecule has 0 bridgehead atoms. The Hall–Kier alpha value is -2.04. The van der Waals surface area contributed by atoms with Crippen molar-refractivity contribution < 1.29 is 14.3 Å². The van der Waals surface area contributed by atoms with Crippen LogP contribution in [0.2, 0.25) is 0 Å². The topological polar surface area (TPSA) is 58.6 Å². The Kier molecular flexibility index (Phi) is 5.07. The molecular formula is C19H26N2O3. The van der Waals surface area contributed by atoms with E-state index in [4.69, 9.17) is 4.74 Å². The van der Waals surface area contributed by atoms with E-state index in [2.05, 4.69) is 5.32 Å². The second-order valence-corrected chi connectivity index (χ2v) is 6.86. The minimum absolute atomic E-state index is 0.0852. The number of hydrogen-bond acceptors (Lipinski definition) is 3. The molecule has 0 unspecified atom stereocenters. The second kappa shape index (κ2) is 7.24. The number of amides is 2. The second-order valence-electron chi connectivity index (χ2n) is 6.86. The van der Waals surface area contributed by atoms with Gasteiger partial charge in [-0.2, -0.15) is 0 Å². The summed E-state index contributed by atoms with van der Waals surface area (Å²) >= 11 is 0. The van der Waals surface area contributed by atoms with E-state index in [9.17, 15) is 9.59 Å². The first kappa shape index (κ1) is 16.8. The van der Waals surface area contributed by atoms with Gasteiger partial charge in [0.15, 0.2) is 0 Å². The number of nitrogens with zero attached hydrogens (tertiary/aromatic N) is 1. The van der Waals surface area contributed by atoms with Gasteiger partial charge in [-0.3, -0.25) is 9.59 Å². The van der Waals surface area contributed by atoms with Crippen LogP contribution in [0.3, 0.4) is 0 Å². The summed E-state index contributed by atoms with van der Waals surface area (Å²) in [6.45, 7) is 0. The number of nitrogens with one attached hydrogen (secondary N) is 1. The highest BCUT2D eigenvalue weighted by Crippen LogP contribution is 2.36. The molecule has 2 amide bonds. The van der Waals surface area contributed by atoms with Gasteiger partial charge in [-0.1, -0.05) is 25.0 Å². The molecule has 0 spiro atoms. The molecule has 1 N–H and O–H groups in total. The summed E-state index contributed by atoms with van der Waals surface area (Å²) in [5.41, 5.74) is 0.984. The van der Waals surface area contributed by atoms with Crippen LogP contribution in [-0.2, 0) is 9.59 Å². The van der Waals surface area contributed by atoms with Gasteiger partial charge in [0, 0.05) is 19.5 Å². The highest BCUT2D eigenvalue weighted by atomic mass is 16.5. The van der Waals surface area contributed by atoms with E-state index in [1.165, 1.54) is 12.8 Å². The van der Waals surface area contributed by atoms with Crippen molar-refractivity contribution in [1.82, 2.24) is 10.2 Å². The number of piperidine rings is 1. The number of hydrogen-bond donors (Lipinski definition) is 1. The number of methoxy groups -OCH3 is 1. The summed E-state index contributed by atoms with van der Waals surface area (Å²) in [4.78, 5) is 26.7. The number of ether oxygens (including phenoxy) is 1. The predicted octanol–water partition coefficient (Wildman–Crippen LogP) is 2.66. The summed E-state index contributed by atoms with van der Waals surface area (Å²) in [5, 5.41) is 3.20. The molecule has 5 heteroatoms. The quantitative estimate of drug-likeness (QED) is 0.923.